The number of hydrogen-bond donors (Lipinski definition) is 2. The number of hydrogen-bond acceptors (Lipinski definition) is 3. The third-order valence-electron chi connectivity index (χ3n) is 2.88. The van der Waals surface area contributed by atoms with Gasteiger partial charge in [0.25, 0.3) is 5.91 Å². The van der Waals surface area contributed by atoms with Gasteiger partial charge in [0, 0.05) is 23.1 Å². The molecule has 0 saturated carbocycles. The molecule has 1 aromatic heterocycles. The van der Waals surface area contributed by atoms with Gasteiger partial charge in [0.05, 0.1) is 5.56 Å². The van der Waals surface area contributed by atoms with Crippen LogP contribution in [0, 0.1) is 12.7 Å². The monoisotopic (exact) mass is 308 g/mol. The molecular weight excluding hydrogens is 295 g/mol. The van der Waals surface area contributed by atoms with E-state index in [1.165, 1.54) is 17.4 Å². The second-order valence-corrected chi connectivity index (χ2v) is 5.50. The van der Waals surface area contributed by atoms with E-state index in [1.54, 1.807) is 17.5 Å². The molecule has 3 nitrogen and oxygen atoms in total. The lowest BCUT2D eigenvalue weighted by molar-refractivity contribution is 0.0950. The van der Waals surface area contributed by atoms with Crippen molar-refractivity contribution in [2.75, 3.05) is 0 Å². The summed E-state index contributed by atoms with van der Waals surface area (Å²) < 4.78 is 13.8. The summed E-state index contributed by atoms with van der Waals surface area (Å²) in [6.07, 6.45) is 0. The Bertz CT molecular complexity index is 667. The molecule has 0 bridgehead atoms. The summed E-state index contributed by atoms with van der Waals surface area (Å²) >= 11 is 6.24. The molecule has 0 fully saturated rings. The van der Waals surface area contributed by atoms with Crippen molar-refractivity contribution in [2.45, 2.75) is 13.5 Å². The van der Waals surface area contributed by atoms with Gasteiger partial charge < -0.3 is 11.1 Å². The lowest BCUT2D eigenvalue weighted by atomic mass is 10.1. The number of rotatable bonds is 4. The van der Waals surface area contributed by atoms with Gasteiger partial charge >= 0.3 is 0 Å². The van der Waals surface area contributed by atoms with Crippen molar-refractivity contribution < 1.29 is 9.18 Å². The van der Waals surface area contributed by atoms with Gasteiger partial charge in [0.2, 0.25) is 0 Å². The maximum absolute atomic E-state index is 13.8. The molecule has 3 N–H and O–H groups in total. The average molecular weight is 308 g/mol. The molecule has 2 aromatic rings. The minimum Gasteiger partial charge on any atom is -0.389 e. The first-order valence-electron chi connectivity index (χ1n) is 5.88. The molecule has 0 radical (unpaired) electrons. The zero-order valence-corrected chi connectivity index (χ0v) is 12.4. The van der Waals surface area contributed by atoms with E-state index in [4.69, 9.17) is 18.0 Å². The van der Waals surface area contributed by atoms with E-state index < -0.39 is 5.82 Å². The van der Waals surface area contributed by atoms with Crippen LogP contribution in [0.5, 0.6) is 0 Å². The van der Waals surface area contributed by atoms with Gasteiger partial charge in [0.1, 0.15) is 10.8 Å². The Morgan fingerprint density at radius 2 is 2.20 bits per heavy atom. The van der Waals surface area contributed by atoms with Crippen LogP contribution >= 0.6 is 23.6 Å². The Labute approximate surface area is 125 Å². The van der Waals surface area contributed by atoms with Crippen LogP contribution in [0.25, 0.3) is 0 Å². The average Bonchev–Trinajstić information content (AvgIpc) is 2.83. The number of aryl methyl sites for hydroxylation is 1. The second kappa shape index (κ2) is 6.11. The summed E-state index contributed by atoms with van der Waals surface area (Å²) in [5, 5.41) is 6.37. The fourth-order valence-corrected chi connectivity index (χ4v) is 2.66. The fourth-order valence-electron chi connectivity index (χ4n) is 1.71. The standard InChI is InChI=1S/C14H13FN2OS2/c1-8-6-20-7-11(8)14(18)17-5-10-3-2-9(13(16)19)4-12(10)15/h2-4,6-7H,5H2,1H3,(H2,16,19)(H,17,18). The van der Waals surface area contributed by atoms with Crippen LogP contribution in [0.15, 0.2) is 29.0 Å². The Kier molecular flexibility index (Phi) is 4.46. The molecule has 0 aliphatic rings. The highest BCUT2D eigenvalue weighted by Crippen LogP contribution is 2.14. The highest BCUT2D eigenvalue weighted by atomic mass is 32.1. The minimum atomic E-state index is -0.433. The summed E-state index contributed by atoms with van der Waals surface area (Å²) in [5.74, 6) is -0.640. The summed E-state index contributed by atoms with van der Waals surface area (Å²) in [6.45, 7) is 1.99. The van der Waals surface area contributed by atoms with Gasteiger partial charge in [-0.15, -0.1) is 0 Å². The number of nitrogens with two attached hydrogens (primary N) is 1. The SMILES string of the molecule is Cc1cscc1C(=O)NCc1ccc(C(N)=S)cc1F. The summed E-state index contributed by atoms with van der Waals surface area (Å²) in [5.41, 5.74) is 7.83. The smallest absolute Gasteiger partial charge is 0.252 e. The number of carbonyl (C=O) groups excluding carboxylic acids is 1. The molecule has 1 amide bonds. The zero-order chi connectivity index (χ0) is 14.7. The van der Waals surface area contributed by atoms with Crippen molar-refractivity contribution in [2.24, 2.45) is 5.73 Å². The largest absolute Gasteiger partial charge is 0.389 e. The van der Waals surface area contributed by atoms with Gasteiger partial charge in [-0.1, -0.05) is 24.4 Å². The van der Waals surface area contributed by atoms with E-state index >= 15 is 0 Å². The molecule has 1 aromatic carbocycles. The van der Waals surface area contributed by atoms with Crippen molar-refractivity contribution in [3.63, 3.8) is 0 Å². The third-order valence-corrected chi connectivity index (χ3v) is 3.97. The van der Waals surface area contributed by atoms with E-state index in [-0.39, 0.29) is 17.4 Å². The van der Waals surface area contributed by atoms with Crippen LogP contribution in [0.1, 0.15) is 27.0 Å². The van der Waals surface area contributed by atoms with Crippen LogP contribution in [-0.2, 0) is 6.54 Å². The van der Waals surface area contributed by atoms with Crippen molar-refractivity contribution in [1.29, 1.82) is 0 Å². The quantitative estimate of drug-likeness (QED) is 0.854. The minimum absolute atomic E-state index is 0.123. The Morgan fingerprint density at radius 3 is 2.75 bits per heavy atom. The van der Waals surface area contributed by atoms with E-state index in [0.717, 1.165) is 5.56 Å². The normalized spacial score (nSPS) is 10.3. The van der Waals surface area contributed by atoms with E-state index in [0.29, 0.717) is 16.7 Å². The summed E-state index contributed by atoms with van der Waals surface area (Å²) in [4.78, 5) is 12.1. The third kappa shape index (κ3) is 3.20. The highest BCUT2D eigenvalue weighted by molar-refractivity contribution is 7.80. The van der Waals surface area contributed by atoms with Crippen LogP contribution in [0.4, 0.5) is 4.39 Å². The maximum atomic E-state index is 13.8. The first kappa shape index (κ1) is 14.6. The van der Waals surface area contributed by atoms with Crippen LogP contribution in [0.2, 0.25) is 0 Å². The molecule has 2 rings (SSSR count). The van der Waals surface area contributed by atoms with Gasteiger partial charge in [-0.2, -0.15) is 11.3 Å². The fraction of sp³-hybridized carbons (Fsp3) is 0.143. The number of thiophene rings is 1. The molecule has 1 heterocycles. The van der Waals surface area contributed by atoms with Crippen molar-refractivity contribution >= 4 is 34.5 Å². The van der Waals surface area contributed by atoms with Gasteiger partial charge in [-0.25, -0.2) is 4.39 Å². The van der Waals surface area contributed by atoms with Crippen molar-refractivity contribution in [3.05, 3.63) is 57.0 Å². The van der Waals surface area contributed by atoms with Crippen LogP contribution in [0.3, 0.4) is 0 Å². The Morgan fingerprint density at radius 1 is 1.45 bits per heavy atom. The molecular formula is C14H13FN2OS2. The number of thiocarbonyl (C=S) groups is 1. The molecule has 0 aliphatic carbocycles. The molecule has 0 aliphatic heterocycles. The second-order valence-electron chi connectivity index (χ2n) is 4.32. The number of halogens is 1. The molecule has 20 heavy (non-hydrogen) atoms. The predicted octanol–water partition coefficient (Wildman–Crippen LogP) is 2.76. The predicted molar refractivity (Wildman–Crippen MR) is 82.5 cm³/mol. The number of nitrogens with one attached hydrogen (secondary N) is 1. The molecule has 0 spiro atoms. The first-order chi connectivity index (χ1) is 9.49. The molecule has 0 saturated heterocycles. The van der Waals surface area contributed by atoms with E-state index in [1.807, 2.05) is 12.3 Å². The first-order valence-corrected chi connectivity index (χ1v) is 7.23. The highest BCUT2D eigenvalue weighted by Gasteiger charge is 2.11. The van der Waals surface area contributed by atoms with Crippen LogP contribution in [-0.4, -0.2) is 10.9 Å². The lowest BCUT2D eigenvalue weighted by Crippen LogP contribution is -2.23. The molecule has 0 atom stereocenters. The van der Waals surface area contributed by atoms with Gasteiger partial charge in [-0.3, -0.25) is 4.79 Å². The molecule has 0 unspecified atom stereocenters. The molecule has 6 heteroatoms. The summed E-state index contributed by atoms with van der Waals surface area (Å²) in [7, 11) is 0. The number of amides is 1. The zero-order valence-electron chi connectivity index (χ0n) is 10.8. The van der Waals surface area contributed by atoms with E-state index in [9.17, 15) is 9.18 Å². The Balaban J connectivity index is 2.06. The number of carbonyl (C=O) groups is 1. The maximum Gasteiger partial charge on any atom is 0.252 e. The van der Waals surface area contributed by atoms with Crippen LogP contribution < -0.4 is 11.1 Å². The van der Waals surface area contributed by atoms with Crippen molar-refractivity contribution in [3.8, 4) is 0 Å². The number of benzene rings is 1. The van der Waals surface area contributed by atoms with Gasteiger partial charge in [-0.05, 0) is 23.9 Å². The molecule has 104 valence electrons. The lowest BCUT2D eigenvalue weighted by Gasteiger charge is -2.07. The summed E-state index contributed by atoms with van der Waals surface area (Å²) in [6, 6.07) is 4.49. The van der Waals surface area contributed by atoms with Gasteiger partial charge in [0.15, 0.2) is 0 Å². The topological polar surface area (TPSA) is 55.1 Å². The van der Waals surface area contributed by atoms with Crippen molar-refractivity contribution in [1.82, 2.24) is 5.32 Å². The Hall–Kier alpha value is -1.79. The van der Waals surface area contributed by atoms with E-state index in [2.05, 4.69) is 5.32 Å².